The van der Waals surface area contributed by atoms with E-state index in [9.17, 15) is 9.59 Å². The lowest BCUT2D eigenvalue weighted by Gasteiger charge is -2.15. The number of amides is 2. The molecule has 196 valence electrons. The molecule has 1 aliphatic heterocycles. The molecule has 2 amide bonds. The van der Waals surface area contributed by atoms with Crippen molar-refractivity contribution in [2.75, 3.05) is 46.2 Å². The quantitative estimate of drug-likeness (QED) is 0.424. The van der Waals surface area contributed by atoms with E-state index < -0.39 is 6.04 Å². The first-order valence-corrected chi connectivity index (χ1v) is 11.6. The maximum absolute atomic E-state index is 13.0. The zero-order valence-electron chi connectivity index (χ0n) is 21.6. The van der Waals surface area contributed by atoms with Gasteiger partial charge < -0.3 is 34.3 Å². The molecular formula is C26H30N4O7. The van der Waals surface area contributed by atoms with Crippen molar-refractivity contribution in [3.8, 4) is 39.9 Å². The summed E-state index contributed by atoms with van der Waals surface area (Å²) >= 11 is 0. The molecule has 0 aliphatic carbocycles. The van der Waals surface area contributed by atoms with Gasteiger partial charge in [-0.2, -0.15) is 5.10 Å². The molecule has 0 spiro atoms. The largest absolute Gasteiger partial charge is 0.493 e. The second kappa shape index (κ2) is 10.7. The van der Waals surface area contributed by atoms with Crippen molar-refractivity contribution in [1.29, 1.82) is 0 Å². The molecule has 1 aromatic heterocycles. The minimum Gasteiger partial charge on any atom is -0.493 e. The Bertz CT molecular complexity index is 1310. The van der Waals surface area contributed by atoms with Crippen molar-refractivity contribution < 1.29 is 33.3 Å². The molecule has 11 nitrogen and oxygen atoms in total. The summed E-state index contributed by atoms with van der Waals surface area (Å²) in [5.41, 5.74) is 2.83. The van der Waals surface area contributed by atoms with Gasteiger partial charge in [-0.1, -0.05) is 13.0 Å². The van der Waals surface area contributed by atoms with Crippen LogP contribution in [0.15, 0.2) is 30.3 Å². The summed E-state index contributed by atoms with van der Waals surface area (Å²) in [5.74, 6) is 2.23. The van der Waals surface area contributed by atoms with E-state index in [0.29, 0.717) is 46.7 Å². The third-order valence-corrected chi connectivity index (χ3v) is 6.16. The summed E-state index contributed by atoms with van der Waals surface area (Å²) in [5, 5.41) is 10.4. The Balaban J connectivity index is 1.62. The summed E-state index contributed by atoms with van der Waals surface area (Å²) in [4.78, 5) is 25.9. The molecule has 11 heteroatoms. The van der Waals surface area contributed by atoms with Gasteiger partial charge in [0.1, 0.15) is 11.9 Å². The van der Waals surface area contributed by atoms with E-state index in [1.54, 1.807) is 37.1 Å². The summed E-state index contributed by atoms with van der Waals surface area (Å²) < 4.78 is 28.4. The summed E-state index contributed by atoms with van der Waals surface area (Å²) in [7, 11) is 7.62. The molecule has 2 N–H and O–H groups in total. The Morgan fingerprint density at radius 1 is 0.946 bits per heavy atom. The molecule has 0 bridgehead atoms. The number of carbonyl (C=O) groups is 2. The standard InChI is InChI=1S/C26H30N4O7/c1-7-16-23(14-8-9-18(33-2)19(10-14)34-3)25-28-26(32)17(30(25)29-16)13-22(31)27-15-11-20(35-4)24(37-6)21(12-15)36-5/h8-12,17H,7,13H2,1-6H3,(H,27,31)(H,28,32). The highest BCUT2D eigenvalue weighted by Crippen LogP contribution is 2.42. The second-order valence-electron chi connectivity index (χ2n) is 8.21. The van der Waals surface area contributed by atoms with Crippen molar-refractivity contribution >= 4 is 23.3 Å². The SMILES string of the molecule is CCc1nn2c(c1-c1ccc(OC)c(OC)c1)NC(=O)C2CC(=O)Nc1cc(OC)c(OC)c(OC)c1. The molecule has 0 saturated carbocycles. The molecule has 0 saturated heterocycles. The number of benzene rings is 2. The van der Waals surface area contributed by atoms with Crippen molar-refractivity contribution in [3.05, 3.63) is 36.0 Å². The van der Waals surface area contributed by atoms with Gasteiger partial charge in [-0.25, -0.2) is 4.68 Å². The number of aromatic nitrogens is 2. The zero-order valence-corrected chi connectivity index (χ0v) is 21.6. The van der Waals surface area contributed by atoms with Crippen molar-refractivity contribution in [1.82, 2.24) is 9.78 Å². The van der Waals surface area contributed by atoms with E-state index in [4.69, 9.17) is 23.7 Å². The highest BCUT2D eigenvalue weighted by molar-refractivity contribution is 6.04. The third-order valence-electron chi connectivity index (χ3n) is 6.16. The monoisotopic (exact) mass is 510 g/mol. The van der Waals surface area contributed by atoms with Crippen molar-refractivity contribution in [2.24, 2.45) is 0 Å². The van der Waals surface area contributed by atoms with E-state index in [1.165, 1.54) is 21.3 Å². The van der Waals surface area contributed by atoms with Crippen LogP contribution in [0, 0.1) is 0 Å². The summed E-state index contributed by atoms with van der Waals surface area (Å²) in [6, 6.07) is 7.96. The molecular weight excluding hydrogens is 480 g/mol. The van der Waals surface area contributed by atoms with Gasteiger partial charge in [0.05, 0.1) is 47.7 Å². The van der Waals surface area contributed by atoms with Crippen LogP contribution in [0.4, 0.5) is 11.5 Å². The summed E-state index contributed by atoms with van der Waals surface area (Å²) in [6.07, 6.45) is 0.510. The van der Waals surface area contributed by atoms with Crippen molar-refractivity contribution in [2.45, 2.75) is 25.8 Å². The van der Waals surface area contributed by atoms with Crippen LogP contribution in [0.3, 0.4) is 0 Å². The van der Waals surface area contributed by atoms with Gasteiger partial charge in [-0.05, 0) is 24.1 Å². The molecule has 0 radical (unpaired) electrons. The topological polar surface area (TPSA) is 122 Å². The molecule has 37 heavy (non-hydrogen) atoms. The van der Waals surface area contributed by atoms with Crippen LogP contribution in [-0.2, 0) is 16.0 Å². The number of fused-ring (bicyclic) bond motifs is 1. The number of methoxy groups -OCH3 is 5. The fourth-order valence-corrected chi connectivity index (χ4v) is 4.40. The lowest BCUT2D eigenvalue weighted by atomic mass is 10.0. The van der Waals surface area contributed by atoms with Crippen LogP contribution in [-0.4, -0.2) is 57.1 Å². The Kier molecular flexibility index (Phi) is 7.42. The van der Waals surface area contributed by atoms with Gasteiger partial charge in [0.25, 0.3) is 5.91 Å². The Morgan fingerprint density at radius 3 is 2.16 bits per heavy atom. The fraction of sp³-hybridized carbons (Fsp3) is 0.346. The minimum atomic E-state index is -0.809. The molecule has 3 aromatic rings. The van der Waals surface area contributed by atoms with Gasteiger partial charge >= 0.3 is 0 Å². The number of nitrogens with zero attached hydrogens (tertiary/aromatic N) is 2. The van der Waals surface area contributed by atoms with E-state index in [2.05, 4.69) is 15.7 Å². The van der Waals surface area contributed by atoms with Crippen LogP contribution in [0.25, 0.3) is 11.1 Å². The number of hydrogen-bond donors (Lipinski definition) is 2. The van der Waals surface area contributed by atoms with Gasteiger partial charge in [0, 0.05) is 23.4 Å². The van der Waals surface area contributed by atoms with Gasteiger partial charge in [-0.15, -0.1) is 0 Å². The minimum absolute atomic E-state index is 0.119. The number of anilines is 2. The molecule has 0 fully saturated rings. The molecule has 2 aromatic carbocycles. The van der Waals surface area contributed by atoms with Crippen LogP contribution in [0.2, 0.25) is 0 Å². The molecule has 2 heterocycles. The van der Waals surface area contributed by atoms with Crippen LogP contribution >= 0.6 is 0 Å². The maximum atomic E-state index is 13.0. The van der Waals surface area contributed by atoms with Crippen LogP contribution < -0.4 is 34.3 Å². The van der Waals surface area contributed by atoms with E-state index >= 15 is 0 Å². The maximum Gasteiger partial charge on any atom is 0.251 e. The number of rotatable bonds is 10. The average Bonchev–Trinajstić information content (AvgIpc) is 3.41. The smallest absolute Gasteiger partial charge is 0.251 e. The highest BCUT2D eigenvalue weighted by atomic mass is 16.5. The molecule has 4 rings (SSSR count). The molecule has 1 aliphatic rings. The molecule has 1 unspecified atom stereocenters. The first-order chi connectivity index (χ1) is 17.9. The number of nitrogens with one attached hydrogen (secondary N) is 2. The van der Waals surface area contributed by atoms with Crippen LogP contribution in [0.5, 0.6) is 28.7 Å². The van der Waals surface area contributed by atoms with Crippen LogP contribution in [0.1, 0.15) is 25.1 Å². The first kappa shape index (κ1) is 25.7. The molecule has 1 atom stereocenters. The predicted molar refractivity (Wildman–Crippen MR) is 137 cm³/mol. The van der Waals surface area contributed by atoms with E-state index in [-0.39, 0.29) is 18.2 Å². The highest BCUT2D eigenvalue weighted by Gasteiger charge is 2.37. The number of ether oxygens (including phenoxy) is 5. The van der Waals surface area contributed by atoms with E-state index in [0.717, 1.165) is 16.8 Å². The number of aryl methyl sites for hydroxylation is 1. The average molecular weight is 511 g/mol. The fourth-order valence-electron chi connectivity index (χ4n) is 4.40. The van der Waals surface area contributed by atoms with E-state index in [1.807, 2.05) is 19.1 Å². The summed E-state index contributed by atoms with van der Waals surface area (Å²) in [6.45, 7) is 1.98. The van der Waals surface area contributed by atoms with Gasteiger partial charge in [-0.3, -0.25) is 9.59 Å². The third kappa shape index (κ3) is 4.72. The van der Waals surface area contributed by atoms with Gasteiger partial charge in [0.2, 0.25) is 11.7 Å². The Labute approximate surface area is 214 Å². The number of hydrogen-bond acceptors (Lipinski definition) is 8. The lowest BCUT2D eigenvalue weighted by molar-refractivity contribution is -0.123. The second-order valence-corrected chi connectivity index (χ2v) is 8.21. The van der Waals surface area contributed by atoms with Gasteiger partial charge in [0.15, 0.2) is 23.0 Å². The number of carbonyl (C=O) groups excluding carboxylic acids is 2. The zero-order chi connectivity index (χ0) is 26.7. The normalized spacial score (nSPS) is 14.0. The lowest BCUT2D eigenvalue weighted by Crippen LogP contribution is -2.24. The Hall–Kier alpha value is -4.41. The first-order valence-electron chi connectivity index (χ1n) is 11.6. The van der Waals surface area contributed by atoms with Crippen molar-refractivity contribution in [3.63, 3.8) is 0 Å². The predicted octanol–water partition coefficient (Wildman–Crippen LogP) is 3.68. The Morgan fingerprint density at radius 2 is 1.59 bits per heavy atom.